The first-order valence-corrected chi connectivity index (χ1v) is 5.75. The molecule has 0 heterocycles. The van der Waals surface area contributed by atoms with Gasteiger partial charge in [-0.1, -0.05) is 22.0 Å². The van der Waals surface area contributed by atoms with Crippen LogP contribution in [0.15, 0.2) is 21.6 Å². The average molecular weight is 266 g/mol. The molecule has 1 aromatic rings. The summed E-state index contributed by atoms with van der Waals surface area (Å²) in [6.45, 7) is 4.12. The number of aryl methyl sites for hydroxylation is 2. The molecule has 1 aliphatic rings. The Morgan fingerprint density at radius 1 is 1.33 bits per heavy atom. The Labute approximate surface area is 97.5 Å². The van der Waals surface area contributed by atoms with Crippen molar-refractivity contribution in [1.29, 1.82) is 0 Å². The Morgan fingerprint density at radius 2 is 2.00 bits per heavy atom. The lowest BCUT2D eigenvalue weighted by molar-refractivity contribution is 0.556. The molecule has 3 heteroatoms. The van der Waals surface area contributed by atoms with Crippen LogP contribution >= 0.6 is 15.9 Å². The number of nitrogens with zero attached hydrogens (tertiary/aromatic N) is 1. The van der Waals surface area contributed by atoms with E-state index >= 15 is 0 Å². The molecule has 0 aromatic heterocycles. The average Bonchev–Trinajstić information content (AvgIpc) is 2.93. The first-order chi connectivity index (χ1) is 7.09. The standard InChI is InChI=1S/C12H12BrNO/c1-8-5-9(2)11(13)6-10(8)12(3-4-12)14-7-15/h5-6H,3-4H2,1-2H3. The SMILES string of the molecule is Cc1cc(C)c(C2(N=C=O)CC2)cc1Br. The lowest BCUT2D eigenvalue weighted by atomic mass is 9.98. The molecule has 0 radical (unpaired) electrons. The van der Waals surface area contributed by atoms with E-state index in [0.717, 1.165) is 22.9 Å². The summed E-state index contributed by atoms with van der Waals surface area (Å²) in [7, 11) is 0. The van der Waals surface area contributed by atoms with Crippen LogP contribution in [0.1, 0.15) is 29.5 Å². The lowest BCUT2D eigenvalue weighted by Crippen LogP contribution is -2.05. The second kappa shape index (κ2) is 3.58. The molecule has 0 N–H and O–H groups in total. The summed E-state index contributed by atoms with van der Waals surface area (Å²) >= 11 is 3.51. The molecule has 0 amide bonds. The fourth-order valence-electron chi connectivity index (χ4n) is 1.97. The van der Waals surface area contributed by atoms with Crippen LogP contribution in [0, 0.1) is 13.8 Å². The van der Waals surface area contributed by atoms with Crippen LogP contribution in [0.25, 0.3) is 0 Å². The van der Waals surface area contributed by atoms with E-state index < -0.39 is 0 Å². The van der Waals surface area contributed by atoms with Crippen LogP contribution in [0.2, 0.25) is 0 Å². The molecule has 1 aromatic carbocycles. The quantitative estimate of drug-likeness (QED) is 0.596. The Morgan fingerprint density at radius 3 is 2.53 bits per heavy atom. The van der Waals surface area contributed by atoms with E-state index in [9.17, 15) is 4.79 Å². The topological polar surface area (TPSA) is 29.4 Å². The first-order valence-electron chi connectivity index (χ1n) is 4.95. The van der Waals surface area contributed by atoms with Crippen LogP contribution in [0.3, 0.4) is 0 Å². The molecular formula is C12H12BrNO. The highest BCUT2D eigenvalue weighted by Crippen LogP contribution is 2.51. The third-order valence-corrected chi connectivity index (χ3v) is 3.84. The summed E-state index contributed by atoms with van der Waals surface area (Å²) in [6, 6.07) is 4.21. The second-order valence-electron chi connectivity index (χ2n) is 4.15. The van der Waals surface area contributed by atoms with Gasteiger partial charge in [-0.25, -0.2) is 4.79 Å². The van der Waals surface area contributed by atoms with Gasteiger partial charge >= 0.3 is 0 Å². The molecule has 1 fully saturated rings. The maximum Gasteiger partial charge on any atom is 0.235 e. The molecule has 2 rings (SSSR count). The third-order valence-electron chi connectivity index (χ3n) is 2.99. The zero-order valence-electron chi connectivity index (χ0n) is 8.80. The minimum atomic E-state index is -0.262. The third kappa shape index (κ3) is 1.77. The molecule has 0 saturated heterocycles. The maximum absolute atomic E-state index is 10.4. The summed E-state index contributed by atoms with van der Waals surface area (Å²) in [6.07, 6.45) is 3.60. The van der Waals surface area contributed by atoms with Gasteiger partial charge in [0, 0.05) is 4.47 Å². The highest BCUT2D eigenvalue weighted by Gasteiger charge is 2.45. The number of carbonyl (C=O) groups excluding carboxylic acids is 1. The van der Waals surface area contributed by atoms with E-state index in [0.29, 0.717) is 0 Å². The molecular weight excluding hydrogens is 254 g/mol. The Balaban J connectivity index is 2.54. The van der Waals surface area contributed by atoms with E-state index in [1.165, 1.54) is 11.1 Å². The fraction of sp³-hybridized carbons (Fsp3) is 0.417. The van der Waals surface area contributed by atoms with Crippen molar-refractivity contribution in [3.63, 3.8) is 0 Å². The summed E-state index contributed by atoms with van der Waals surface area (Å²) < 4.78 is 1.08. The zero-order valence-corrected chi connectivity index (χ0v) is 10.4. The Kier molecular flexibility index (Phi) is 2.53. The van der Waals surface area contributed by atoms with Crippen molar-refractivity contribution in [2.45, 2.75) is 32.2 Å². The Bertz CT molecular complexity index is 457. The van der Waals surface area contributed by atoms with Crippen molar-refractivity contribution >= 4 is 22.0 Å². The minimum Gasteiger partial charge on any atom is -0.211 e. The predicted octanol–water partition coefficient (Wildman–Crippen LogP) is 3.39. The fourth-order valence-corrected chi connectivity index (χ4v) is 2.32. The van der Waals surface area contributed by atoms with Gasteiger partial charge in [-0.15, -0.1) is 0 Å². The maximum atomic E-state index is 10.4. The van der Waals surface area contributed by atoms with Crippen molar-refractivity contribution in [2.24, 2.45) is 4.99 Å². The molecule has 78 valence electrons. The molecule has 2 nitrogen and oxygen atoms in total. The zero-order chi connectivity index (χ0) is 11.1. The smallest absolute Gasteiger partial charge is 0.211 e. The van der Waals surface area contributed by atoms with Gasteiger partial charge in [0.25, 0.3) is 0 Å². The van der Waals surface area contributed by atoms with E-state index in [4.69, 9.17) is 0 Å². The van der Waals surface area contributed by atoms with Gasteiger partial charge < -0.3 is 0 Å². The molecule has 0 unspecified atom stereocenters. The summed E-state index contributed by atoms with van der Waals surface area (Å²) in [4.78, 5) is 14.3. The van der Waals surface area contributed by atoms with Crippen molar-refractivity contribution in [3.8, 4) is 0 Å². The molecule has 15 heavy (non-hydrogen) atoms. The molecule has 0 spiro atoms. The van der Waals surface area contributed by atoms with Gasteiger partial charge in [0.1, 0.15) is 0 Å². The van der Waals surface area contributed by atoms with Crippen LogP contribution in [-0.4, -0.2) is 6.08 Å². The Hall–Kier alpha value is -0.920. The van der Waals surface area contributed by atoms with Crippen LogP contribution in [0.5, 0.6) is 0 Å². The number of benzene rings is 1. The van der Waals surface area contributed by atoms with Gasteiger partial charge in [-0.05, 0) is 49.4 Å². The van der Waals surface area contributed by atoms with E-state index in [-0.39, 0.29) is 5.54 Å². The number of aliphatic imine (C=N–C) groups is 1. The first kappa shape index (κ1) is 10.6. The van der Waals surface area contributed by atoms with Crippen molar-refractivity contribution in [1.82, 2.24) is 0 Å². The van der Waals surface area contributed by atoms with E-state index in [1.54, 1.807) is 6.08 Å². The van der Waals surface area contributed by atoms with Crippen LogP contribution in [0.4, 0.5) is 0 Å². The van der Waals surface area contributed by atoms with Gasteiger partial charge in [0.15, 0.2) is 0 Å². The molecule has 0 bridgehead atoms. The van der Waals surface area contributed by atoms with Crippen molar-refractivity contribution in [2.75, 3.05) is 0 Å². The van der Waals surface area contributed by atoms with Gasteiger partial charge in [-0.2, -0.15) is 4.99 Å². The minimum absolute atomic E-state index is 0.262. The van der Waals surface area contributed by atoms with Gasteiger partial charge in [0.05, 0.1) is 5.54 Å². The normalized spacial score (nSPS) is 17.0. The number of hydrogen-bond acceptors (Lipinski definition) is 2. The van der Waals surface area contributed by atoms with Gasteiger partial charge in [0.2, 0.25) is 6.08 Å². The highest BCUT2D eigenvalue weighted by atomic mass is 79.9. The summed E-state index contributed by atoms with van der Waals surface area (Å²) in [5.41, 5.74) is 3.31. The van der Waals surface area contributed by atoms with Crippen LogP contribution < -0.4 is 0 Å². The van der Waals surface area contributed by atoms with Crippen molar-refractivity contribution < 1.29 is 4.79 Å². The van der Waals surface area contributed by atoms with E-state index in [2.05, 4.69) is 46.9 Å². The lowest BCUT2D eigenvalue weighted by Gasteiger charge is -2.13. The van der Waals surface area contributed by atoms with Crippen molar-refractivity contribution in [3.05, 3.63) is 33.3 Å². The second-order valence-corrected chi connectivity index (χ2v) is 5.01. The molecule has 1 aliphatic carbocycles. The van der Waals surface area contributed by atoms with Gasteiger partial charge in [-0.3, -0.25) is 0 Å². The number of isocyanates is 1. The largest absolute Gasteiger partial charge is 0.235 e. The number of halogens is 1. The monoisotopic (exact) mass is 265 g/mol. The van der Waals surface area contributed by atoms with Crippen LogP contribution in [-0.2, 0) is 10.3 Å². The van der Waals surface area contributed by atoms with E-state index in [1.807, 2.05) is 0 Å². The highest BCUT2D eigenvalue weighted by molar-refractivity contribution is 9.10. The molecule has 0 aliphatic heterocycles. The summed E-state index contributed by atoms with van der Waals surface area (Å²) in [5, 5.41) is 0. The molecule has 1 saturated carbocycles. The number of rotatable bonds is 2. The summed E-state index contributed by atoms with van der Waals surface area (Å²) in [5.74, 6) is 0. The predicted molar refractivity (Wildman–Crippen MR) is 62.6 cm³/mol. The molecule has 0 atom stereocenters. The number of hydrogen-bond donors (Lipinski definition) is 0.